The summed E-state index contributed by atoms with van der Waals surface area (Å²) in [4.78, 5) is 4.24. The summed E-state index contributed by atoms with van der Waals surface area (Å²) in [6.45, 7) is 0. The fraction of sp³-hybridized carbons (Fsp3) is 0.182. The van der Waals surface area contributed by atoms with Crippen molar-refractivity contribution in [3.05, 3.63) is 83.7 Å². The van der Waals surface area contributed by atoms with E-state index in [4.69, 9.17) is 0 Å². The van der Waals surface area contributed by atoms with Gasteiger partial charge in [0.2, 0.25) is 0 Å². The zero-order chi connectivity index (χ0) is 19.0. The summed E-state index contributed by atoms with van der Waals surface area (Å²) in [5.74, 6) is 0. The molecular formula is C22H24N4S. The van der Waals surface area contributed by atoms with Gasteiger partial charge in [0.25, 0.3) is 0 Å². The molecule has 0 atom stereocenters. The van der Waals surface area contributed by atoms with E-state index < -0.39 is 0 Å². The highest BCUT2D eigenvalue weighted by molar-refractivity contribution is 7.95. The molecule has 2 aromatic rings. The number of allylic oxidation sites excluding steroid dienone is 3. The number of benzene rings is 2. The van der Waals surface area contributed by atoms with Crippen LogP contribution >= 0.6 is 12.1 Å². The highest BCUT2D eigenvalue weighted by Crippen LogP contribution is 2.43. The lowest BCUT2D eigenvalue weighted by atomic mass is 9.97. The Labute approximate surface area is 165 Å². The molecule has 0 bridgehead atoms. The third kappa shape index (κ3) is 3.30. The molecule has 2 aliphatic rings. The number of rotatable bonds is 4. The number of fused-ring (bicyclic) bond motifs is 1. The van der Waals surface area contributed by atoms with E-state index in [1.54, 1.807) is 12.1 Å². The van der Waals surface area contributed by atoms with E-state index in [0.717, 1.165) is 0 Å². The molecule has 0 aliphatic carbocycles. The lowest BCUT2D eigenvalue weighted by Crippen LogP contribution is -2.15. The zero-order valence-corrected chi connectivity index (χ0v) is 16.9. The Hall–Kier alpha value is -2.79. The van der Waals surface area contributed by atoms with Crippen LogP contribution in [0.1, 0.15) is 11.1 Å². The molecule has 4 rings (SSSR count). The van der Waals surface area contributed by atoms with Crippen molar-refractivity contribution in [3.8, 4) is 0 Å². The summed E-state index contributed by atoms with van der Waals surface area (Å²) < 4.78 is 5.57. The van der Waals surface area contributed by atoms with Crippen molar-refractivity contribution in [1.82, 2.24) is 9.03 Å². The van der Waals surface area contributed by atoms with Crippen molar-refractivity contribution >= 4 is 34.8 Å². The summed E-state index contributed by atoms with van der Waals surface area (Å²) in [5.41, 5.74) is 8.45. The van der Waals surface area contributed by atoms with E-state index in [1.807, 2.05) is 0 Å². The molecule has 4 nitrogen and oxygen atoms in total. The van der Waals surface area contributed by atoms with Gasteiger partial charge in [-0.05, 0) is 41.5 Å². The molecule has 0 fully saturated rings. The van der Waals surface area contributed by atoms with Gasteiger partial charge in [0.15, 0.2) is 0 Å². The largest absolute Gasteiger partial charge is 0.378 e. The topological polar surface area (TPSA) is 21.8 Å². The molecule has 2 aliphatic heterocycles. The van der Waals surface area contributed by atoms with E-state index >= 15 is 0 Å². The van der Waals surface area contributed by atoms with Gasteiger partial charge in [-0.15, -0.1) is 0 Å². The van der Waals surface area contributed by atoms with Crippen molar-refractivity contribution in [1.29, 1.82) is 0 Å². The minimum absolute atomic E-state index is 1.19. The second-order valence-corrected chi connectivity index (χ2v) is 7.83. The highest BCUT2D eigenvalue weighted by atomic mass is 32.2. The van der Waals surface area contributed by atoms with Gasteiger partial charge >= 0.3 is 0 Å². The normalized spacial score (nSPS) is 15.4. The molecule has 2 aromatic carbocycles. The molecule has 0 radical (unpaired) electrons. The van der Waals surface area contributed by atoms with Crippen LogP contribution in [0, 0.1) is 0 Å². The van der Waals surface area contributed by atoms with E-state index in [0.29, 0.717) is 0 Å². The fourth-order valence-corrected chi connectivity index (χ4v) is 4.03. The molecule has 0 amide bonds. The van der Waals surface area contributed by atoms with Crippen molar-refractivity contribution in [3.63, 3.8) is 0 Å². The zero-order valence-electron chi connectivity index (χ0n) is 16.1. The molecule has 5 heteroatoms. The first-order valence-corrected chi connectivity index (χ1v) is 9.72. The van der Waals surface area contributed by atoms with Crippen LogP contribution in [-0.4, -0.2) is 32.5 Å². The van der Waals surface area contributed by atoms with E-state index in [1.165, 1.54) is 39.5 Å². The van der Waals surface area contributed by atoms with Gasteiger partial charge in [0.1, 0.15) is 0 Å². The molecular weight excluding hydrogens is 352 g/mol. The molecule has 0 saturated carbocycles. The van der Waals surface area contributed by atoms with Gasteiger partial charge in [0, 0.05) is 51.3 Å². The minimum Gasteiger partial charge on any atom is -0.378 e. The molecule has 0 spiro atoms. The van der Waals surface area contributed by atoms with Crippen molar-refractivity contribution < 1.29 is 0 Å². The number of nitrogens with one attached hydrogen (secondary N) is 1. The molecule has 0 unspecified atom stereocenters. The maximum atomic E-state index is 3.31. The van der Waals surface area contributed by atoms with Crippen LogP contribution in [0.2, 0.25) is 0 Å². The summed E-state index contributed by atoms with van der Waals surface area (Å²) in [6.07, 6.45) is 6.50. The number of hydrogen-bond acceptors (Lipinski definition) is 5. The molecule has 27 heavy (non-hydrogen) atoms. The Morgan fingerprint density at radius 3 is 1.81 bits per heavy atom. The summed E-state index contributed by atoms with van der Waals surface area (Å²) in [6, 6.07) is 17.4. The second-order valence-electron chi connectivity index (χ2n) is 7.05. The summed E-state index contributed by atoms with van der Waals surface area (Å²) in [5, 5.41) is 0. The van der Waals surface area contributed by atoms with Gasteiger partial charge in [-0.25, -0.2) is 0 Å². The average molecular weight is 377 g/mol. The van der Waals surface area contributed by atoms with Gasteiger partial charge in [-0.3, -0.25) is 4.31 Å². The maximum absolute atomic E-state index is 3.31. The van der Waals surface area contributed by atoms with E-state index in [-0.39, 0.29) is 0 Å². The second kappa shape index (κ2) is 7.08. The van der Waals surface area contributed by atoms with E-state index in [9.17, 15) is 0 Å². The Balaban J connectivity index is 1.69. The molecule has 1 N–H and O–H groups in total. The van der Waals surface area contributed by atoms with Crippen LogP contribution < -0.4 is 14.5 Å². The first-order chi connectivity index (χ1) is 13.0. The van der Waals surface area contributed by atoms with Crippen LogP contribution in [0.25, 0.3) is 11.3 Å². The van der Waals surface area contributed by atoms with Crippen LogP contribution in [0.3, 0.4) is 0 Å². The first kappa shape index (κ1) is 17.6. The molecule has 138 valence electrons. The quantitative estimate of drug-likeness (QED) is 0.787. The average Bonchev–Trinajstić information content (AvgIpc) is 3.17. The van der Waals surface area contributed by atoms with Crippen LogP contribution in [0.4, 0.5) is 11.4 Å². The third-order valence-corrected chi connectivity index (χ3v) is 5.63. The lowest BCUT2D eigenvalue weighted by molar-refractivity contribution is 0.845. The highest BCUT2D eigenvalue weighted by Gasteiger charge is 2.27. The number of anilines is 2. The molecule has 0 aromatic heterocycles. The van der Waals surface area contributed by atoms with Crippen molar-refractivity contribution in [2.24, 2.45) is 0 Å². The number of nitrogens with zero attached hydrogens (tertiary/aromatic N) is 3. The smallest absolute Gasteiger partial charge is 0.0786 e. The Bertz CT molecular complexity index is 922. The van der Waals surface area contributed by atoms with Crippen LogP contribution in [0.15, 0.2) is 72.6 Å². The van der Waals surface area contributed by atoms with Gasteiger partial charge in [-0.2, -0.15) is 0 Å². The summed E-state index contributed by atoms with van der Waals surface area (Å²) in [7, 11) is 8.25. The summed E-state index contributed by atoms with van der Waals surface area (Å²) >= 11 is 1.61. The van der Waals surface area contributed by atoms with E-state index in [2.05, 4.69) is 114 Å². The molecule has 2 heterocycles. The van der Waals surface area contributed by atoms with Gasteiger partial charge in [0.05, 0.1) is 23.5 Å². The Morgan fingerprint density at radius 2 is 1.26 bits per heavy atom. The first-order valence-electron chi connectivity index (χ1n) is 8.95. The predicted octanol–water partition coefficient (Wildman–Crippen LogP) is 4.57. The third-order valence-electron chi connectivity index (χ3n) is 4.84. The predicted molar refractivity (Wildman–Crippen MR) is 118 cm³/mol. The standard InChI is InChI=1S/C22H24N4S/c1-24(2)18-9-5-16(6-10-18)20-13-14-21(26-22(20)15-23-27-26)17-7-11-19(12-8-17)25(3)4/h5-15,23H,1-4H3. The Kier molecular flexibility index (Phi) is 4.62. The maximum Gasteiger partial charge on any atom is 0.0786 e. The lowest BCUT2D eigenvalue weighted by Gasteiger charge is -2.28. The number of hydrogen-bond donors (Lipinski definition) is 1. The fourth-order valence-electron chi connectivity index (χ4n) is 3.25. The van der Waals surface area contributed by atoms with Crippen LogP contribution in [-0.2, 0) is 0 Å². The van der Waals surface area contributed by atoms with Crippen molar-refractivity contribution in [2.45, 2.75) is 0 Å². The molecule has 0 saturated heterocycles. The Morgan fingerprint density at radius 1 is 0.704 bits per heavy atom. The van der Waals surface area contributed by atoms with Crippen LogP contribution in [0.5, 0.6) is 0 Å². The SMILES string of the molecule is CN(C)c1ccc(C2=CC=C(c3ccc(N(C)C)cc3)N3SNC=C23)cc1. The van der Waals surface area contributed by atoms with Gasteiger partial charge in [-0.1, -0.05) is 30.3 Å². The minimum atomic E-state index is 1.19. The van der Waals surface area contributed by atoms with Crippen molar-refractivity contribution in [2.75, 3.05) is 38.0 Å². The monoisotopic (exact) mass is 376 g/mol. The van der Waals surface area contributed by atoms with Gasteiger partial charge < -0.3 is 14.5 Å².